The summed E-state index contributed by atoms with van der Waals surface area (Å²) in [6.07, 6.45) is 4.32. The van der Waals surface area contributed by atoms with Gasteiger partial charge in [0, 0.05) is 0 Å². The molecule has 2 amide bonds. The number of hydrogen-bond acceptors (Lipinski definition) is 6. The zero-order chi connectivity index (χ0) is 22.9. The summed E-state index contributed by atoms with van der Waals surface area (Å²) >= 11 is 3.31. The average molecular weight is 484 g/mol. The summed E-state index contributed by atoms with van der Waals surface area (Å²) in [5.74, 6) is -2.45. The molecule has 0 aromatic heterocycles. The van der Waals surface area contributed by atoms with Crippen LogP contribution in [0.25, 0.3) is 0 Å². The average Bonchev–Trinajstić information content (AvgIpc) is 3.17. The minimum absolute atomic E-state index is 0.00277. The highest BCUT2D eigenvalue weighted by Gasteiger charge is 2.56. The predicted octanol–water partition coefficient (Wildman–Crippen LogP) is 2.88. The van der Waals surface area contributed by atoms with Crippen LogP contribution in [0.15, 0.2) is 25.3 Å². The molecular formula is C22H30BrNO6. The van der Waals surface area contributed by atoms with Gasteiger partial charge in [0.05, 0.1) is 30.9 Å². The predicted molar refractivity (Wildman–Crippen MR) is 114 cm³/mol. The van der Waals surface area contributed by atoms with Gasteiger partial charge in [-0.3, -0.25) is 24.1 Å². The van der Waals surface area contributed by atoms with Crippen LogP contribution in [0.1, 0.15) is 33.6 Å². The fourth-order valence-electron chi connectivity index (χ4n) is 4.60. The number of carbonyl (C=O) groups excluding carboxylic acids is 4. The molecule has 8 heteroatoms. The summed E-state index contributed by atoms with van der Waals surface area (Å²) in [6, 6.07) is 0. The number of imide groups is 1. The molecule has 1 saturated heterocycles. The maximum Gasteiger partial charge on any atom is 0.322 e. The minimum Gasteiger partial charge on any atom is -0.468 e. The molecule has 0 spiro atoms. The summed E-state index contributed by atoms with van der Waals surface area (Å²) in [6.45, 7) is 12.4. The topological polar surface area (TPSA) is 90.0 Å². The van der Waals surface area contributed by atoms with E-state index in [0.717, 1.165) is 0 Å². The number of nitrogens with zero attached hydrogens (tertiary/aromatic N) is 1. The van der Waals surface area contributed by atoms with Crippen molar-refractivity contribution >= 4 is 39.7 Å². The Labute approximate surface area is 186 Å². The summed E-state index contributed by atoms with van der Waals surface area (Å²) in [7, 11) is 1.28. The number of ether oxygens (including phenoxy) is 2. The van der Waals surface area contributed by atoms with E-state index in [1.54, 1.807) is 32.9 Å². The number of carbonyl (C=O) groups is 4. The molecule has 1 aliphatic heterocycles. The number of methoxy groups -OCH3 is 1. The summed E-state index contributed by atoms with van der Waals surface area (Å²) in [4.78, 5) is 51.3. The smallest absolute Gasteiger partial charge is 0.322 e. The third-order valence-corrected chi connectivity index (χ3v) is 6.65. The van der Waals surface area contributed by atoms with Gasteiger partial charge in [-0.2, -0.15) is 0 Å². The lowest BCUT2D eigenvalue weighted by molar-refractivity contribution is -0.158. The van der Waals surface area contributed by atoms with Crippen LogP contribution in [0.5, 0.6) is 0 Å². The Bertz CT molecular complexity index is 727. The lowest BCUT2D eigenvalue weighted by atomic mass is 9.83. The molecule has 2 aliphatic rings. The molecule has 0 aromatic carbocycles. The molecule has 1 aliphatic carbocycles. The third-order valence-electron chi connectivity index (χ3n) is 6.05. The number of likely N-dealkylation sites (tertiary alicyclic amines) is 1. The standard InChI is InChI=1S/C22H30BrNO6/c1-7-13-11-14(8-2)16-15(13)17(25)24(18(16)26)9-10-30-19(27)21(3,4)12-22(5,23)20(28)29-6/h7-8,13-16H,1-2,9-12H2,3-6H3. The van der Waals surface area contributed by atoms with Crippen molar-refractivity contribution in [3.8, 4) is 0 Å². The van der Waals surface area contributed by atoms with Gasteiger partial charge in [-0.1, -0.05) is 28.1 Å². The molecule has 5 atom stereocenters. The number of hydrogen-bond donors (Lipinski definition) is 0. The number of alkyl halides is 1. The lowest BCUT2D eigenvalue weighted by Gasteiger charge is -2.30. The molecule has 0 radical (unpaired) electrons. The first-order valence-electron chi connectivity index (χ1n) is 9.96. The quantitative estimate of drug-likeness (QED) is 0.216. The van der Waals surface area contributed by atoms with E-state index in [9.17, 15) is 19.2 Å². The number of fused-ring (bicyclic) bond motifs is 1. The highest BCUT2D eigenvalue weighted by atomic mass is 79.9. The first kappa shape index (κ1) is 24.3. The van der Waals surface area contributed by atoms with Gasteiger partial charge in [-0.25, -0.2) is 0 Å². The van der Waals surface area contributed by atoms with Crippen LogP contribution in [-0.4, -0.2) is 53.2 Å². The van der Waals surface area contributed by atoms with E-state index in [4.69, 9.17) is 9.47 Å². The third kappa shape index (κ3) is 4.53. The fourth-order valence-corrected chi connectivity index (χ4v) is 5.46. The SMILES string of the molecule is C=CC1CC(C=C)C2C(=O)N(CCOC(=O)C(C)(C)CC(C)(Br)C(=O)OC)C(=O)C12. The monoisotopic (exact) mass is 483 g/mol. The fraction of sp³-hybridized carbons (Fsp3) is 0.636. The van der Waals surface area contributed by atoms with E-state index in [1.807, 2.05) is 0 Å². The van der Waals surface area contributed by atoms with E-state index in [2.05, 4.69) is 29.1 Å². The van der Waals surface area contributed by atoms with Gasteiger partial charge in [0.1, 0.15) is 10.9 Å². The zero-order valence-electron chi connectivity index (χ0n) is 18.0. The Hall–Kier alpha value is -1.96. The first-order valence-corrected chi connectivity index (χ1v) is 10.8. The van der Waals surface area contributed by atoms with Crippen molar-refractivity contribution < 1.29 is 28.7 Å². The Kier molecular flexibility index (Phi) is 7.32. The van der Waals surface area contributed by atoms with Crippen LogP contribution in [0.2, 0.25) is 0 Å². The lowest BCUT2D eigenvalue weighted by Crippen LogP contribution is -2.41. The highest BCUT2D eigenvalue weighted by Crippen LogP contribution is 2.48. The Morgan fingerprint density at radius 1 is 1.10 bits per heavy atom. The molecule has 0 aromatic rings. The molecule has 1 heterocycles. The van der Waals surface area contributed by atoms with E-state index in [-0.39, 0.29) is 43.2 Å². The molecular weight excluding hydrogens is 454 g/mol. The molecule has 7 nitrogen and oxygen atoms in total. The second-order valence-electron chi connectivity index (χ2n) is 8.80. The van der Waals surface area contributed by atoms with Crippen LogP contribution in [-0.2, 0) is 28.7 Å². The van der Waals surface area contributed by atoms with Crippen molar-refractivity contribution in [2.75, 3.05) is 20.3 Å². The van der Waals surface area contributed by atoms with Crippen LogP contribution in [0.3, 0.4) is 0 Å². The maximum absolute atomic E-state index is 12.8. The largest absolute Gasteiger partial charge is 0.468 e. The van der Waals surface area contributed by atoms with Crippen LogP contribution in [0.4, 0.5) is 0 Å². The number of halogens is 1. The number of amides is 2. The molecule has 5 unspecified atom stereocenters. The summed E-state index contributed by atoms with van der Waals surface area (Å²) in [5, 5.41) is 0. The van der Waals surface area contributed by atoms with E-state index in [1.165, 1.54) is 12.0 Å². The van der Waals surface area contributed by atoms with E-state index < -0.39 is 33.5 Å². The highest BCUT2D eigenvalue weighted by molar-refractivity contribution is 9.10. The van der Waals surface area contributed by atoms with Crippen molar-refractivity contribution in [1.29, 1.82) is 0 Å². The van der Waals surface area contributed by atoms with Crippen molar-refractivity contribution in [2.45, 2.75) is 37.9 Å². The van der Waals surface area contributed by atoms with Gasteiger partial charge in [0.15, 0.2) is 0 Å². The van der Waals surface area contributed by atoms with Crippen molar-refractivity contribution in [3.05, 3.63) is 25.3 Å². The normalized spacial score (nSPS) is 28.0. The molecule has 1 saturated carbocycles. The van der Waals surface area contributed by atoms with Gasteiger partial charge in [-0.05, 0) is 45.4 Å². The van der Waals surface area contributed by atoms with Crippen LogP contribution >= 0.6 is 15.9 Å². The Balaban J connectivity index is 1.98. The Morgan fingerprint density at radius 2 is 1.60 bits per heavy atom. The van der Waals surface area contributed by atoms with Crippen molar-refractivity contribution in [1.82, 2.24) is 4.90 Å². The molecule has 0 N–H and O–H groups in total. The van der Waals surface area contributed by atoms with Crippen LogP contribution in [0, 0.1) is 29.1 Å². The van der Waals surface area contributed by atoms with Crippen LogP contribution < -0.4 is 0 Å². The molecule has 2 fully saturated rings. The molecule has 0 bridgehead atoms. The first-order chi connectivity index (χ1) is 13.9. The van der Waals surface area contributed by atoms with Gasteiger partial charge in [0.25, 0.3) is 0 Å². The van der Waals surface area contributed by atoms with Gasteiger partial charge in [0.2, 0.25) is 11.8 Å². The molecule has 2 rings (SSSR count). The van der Waals surface area contributed by atoms with E-state index in [0.29, 0.717) is 6.42 Å². The van der Waals surface area contributed by atoms with Gasteiger partial charge < -0.3 is 9.47 Å². The second-order valence-corrected chi connectivity index (χ2v) is 10.6. The van der Waals surface area contributed by atoms with Gasteiger partial charge in [-0.15, -0.1) is 13.2 Å². The van der Waals surface area contributed by atoms with Crippen molar-refractivity contribution in [2.24, 2.45) is 29.1 Å². The minimum atomic E-state index is -1.04. The van der Waals surface area contributed by atoms with Gasteiger partial charge >= 0.3 is 11.9 Å². The Morgan fingerprint density at radius 3 is 2.03 bits per heavy atom. The summed E-state index contributed by atoms with van der Waals surface area (Å²) in [5.41, 5.74) is -0.982. The zero-order valence-corrected chi connectivity index (χ0v) is 19.6. The molecule has 30 heavy (non-hydrogen) atoms. The number of esters is 2. The summed E-state index contributed by atoms with van der Waals surface area (Å²) < 4.78 is 9.07. The number of rotatable bonds is 9. The second kappa shape index (κ2) is 9.04. The van der Waals surface area contributed by atoms with Crippen molar-refractivity contribution in [3.63, 3.8) is 0 Å². The number of allylic oxidation sites excluding steroid dienone is 2. The van der Waals surface area contributed by atoms with E-state index >= 15 is 0 Å². The maximum atomic E-state index is 12.8. The molecule has 166 valence electrons.